The van der Waals surface area contributed by atoms with Crippen LogP contribution in [0.3, 0.4) is 0 Å². The van der Waals surface area contributed by atoms with Crippen molar-refractivity contribution in [2.75, 3.05) is 0 Å². The Morgan fingerprint density at radius 2 is 1.65 bits per heavy atom. The molecule has 37 heavy (non-hydrogen) atoms. The molecule has 0 bridgehead atoms. The molecule has 1 fully saturated rings. The van der Waals surface area contributed by atoms with Gasteiger partial charge in [-0.3, -0.25) is 19.3 Å². The Balaban J connectivity index is 1.52. The van der Waals surface area contributed by atoms with Crippen LogP contribution in [0.1, 0.15) is 78.2 Å². The van der Waals surface area contributed by atoms with Gasteiger partial charge in [-0.25, -0.2) is 9.37 Å². The van der Waals surface area contributed by atoms with Gasteiger partial charge in [0.05, 0.1) is 12.2 Å². The van der Waals surface area contributed by atoms with Gasteiger partial charge >= 0.3 is 0 Å². The van der Waals surface area contributed by atoms with Gasteiger partial charge in [-0.05, 0) is 86.8 Å². The number of nitrogens with zero attached hydrogens (tertiary/aromatic N) is 4. The minimum atomic E-state index is -3.20. The molecule has 1 aliphatic rings. The highest BCUT2D eigenvalue weighted by atomic mass is 19.3. The number of rotatable bonds is 5. The lowest BCUT2D eigenvalue weighted by atomic mass is 9.75. The van der Waals surface area contributed by atoms with Gasteiger partial charge in [-0.1, -0.05) is 12.1 Å². The quantitative estimate of drug-likeness (QED) is 0.308. The van der Waals surface area contributed by atoms with Gasteiger partial charge in [0.2, 0.25) is 0 Å². The molecule has 0 aliphatic heterocycles. The van der Waals surface area contributed by atoms with Crippen molar-refractivity contribution in [3.8, 4) is 0 Å². The van der Waals surface area contributed by atoms with Gasteiger partial charge in [0.1, 0.15) is 17.2 Å². The Morgan fingerprint density at radius 1 is 0.973 bits per heavy atom. The molecule has 4 aromatic rings. The third-order valence-electron chi connectivity index (χ3n) is 7.52. The predicted octanol–water partition coefficient (Wildman–Crippen LogP) is 6.54. The van der Waals surface area contributed by atoms with E-state index in [4.69, 9.17) is 0 Å². The molecule has 192 valence electrons. The number of halogens is 3. The van der Waals surface area contributed by atoms with Gasteiger partial charge in [0.15, 0.2) is 0 Å². The molecule has 3 heterocycles. The highest BCUT2D eigenvalue weighted by molar-refractivity contribution is 5.76. The number of hydrogen-bond acceptors (Lipinski definition) is 4. The van der Waals surface area contributed by atoms with Crippen LogP contribution in [0.5, 0.6) is 0 Å². The second-order valence-corrected chi connectivity index (χ2v) is 10.1. The van der Waals surface area contributed by atoms with E-state index in [-0.39, 0.29) is 35.5 Å². The summed E-state index contributed by atoms with van der Waals surface area (Å²) in [6.07, 6.45) is 5.84. The number of pyridine rings is 2. The molecule has 0 unspecified atom stereocenters. The molecule has 1 aromatic carbocycles. The second-order valence-electron chi connectivity index (χ2n) is 10.1. The van der Waals surface area contributed by atoms with E-state index in [9.17, 15) is 18.0 Å². The monoisotopic (exact) mass is 506 g/mol. The number of benzene rings is 1. The van der Waals surface area contributed by atoms with E-state index >= 15 is 0 Å². The van der Waals surface area contributed by atoms with Gasteiger partial charge in [0, 0.05) is 36.0 Å². The summed E-state index contributed by atoms with van der Waals surface area (Å²) in [6.45, 7) is 4.27. The van der Waals surface area contributed by atoms with Crippen molar-refractivity contribution in [2.24, 2.45) is 0 Å². The fraction of sp³-hybridized carbons (Fsp3) is 0.379. The summed E-state index contributed by atoms with van der Waals surface area (Å²) in [5, 5.41) is 0.775. The van der Waals surface area contributed by atoms with Crippen LogP contribution in [0.15, 0.2) is 53.6 Å². The van der Waals surface area contributed by atoms with Crippen LogP contribution >= 0.6 is 0 Å². The van der Waals surface area contributed by atoms with E-state index in [1.807, 2.05) is 38.1 Å². The molecule has 5 nitrogen and oxygen atoms in total. The van der Waals surface area contributed by atoms with Gasteiger partial charge < -0.3 is 0 Å². The fourth-order valence-corrected chi connectivity index (χ4v) is 5.58. The van der Waals surface area contributed by atoms with Gasteiger partial charge in [-0.2, -0.15) is 8.78 Å². The molecule has 3 aromatic heterocycles. The van der Waals surface area contributed by atoms with Crippen molar-refractivity contribution in [3.05, 3.63) is 98.7 Å². The van der Waals surface area contributed by atoms with Crippen molar-refractivity contribution >= 4 is 11.0 Å². The molecule has 5 rings (SSSR count). The van der Waals surface area contributed by atoms with E-state index < -0.39 is 11.6 Å². The van der Waals surface area contributed by atoms with Gasteiger partial charge in [-0.15, -0.1) is 0 Å². The minimum Gasteiger partial charge on any atom is -0.286 e. The van der Waals surface area contributed by atoms with Crippen LogP contribution in [0.4, 0.5) is 13.2 Å². The first-order valence-corrected chi connectivity index (χ1v) is 12.6. The molecule has 0 spiro atoms. The van der Waals surface area contributed by atoms with Crippen molar-refractivity contribution in [1.82, 2.24) is 19.5 Å². The van der Waals surface area contributed by atoms with E-state index in [1.54, 1.807) is 6.07 Å². The van der Waals surface area contributed by atoms with Crippen molar-refractivity contribution in [2.45, 2.75) is 70.8 Å². The summed E-state index contributed by atoms with van der Waals surface area (Å²) in [5.41, 5.74) is 2.89. The van der Waals surface area contributed by atoms with E-state index in [1.165, 1.54) is 23.0 Å². The number of aryl methyl sites for hydroxylation is 1. The maximum absolute atomic E-state index is 14.3. The lowest BCUT2D eigenvalue weighted by molar-refractivity contribution is 0.0111. The SMILES string of the molecule is Cc1ccc2cc(C3CCC(c4cccc(F)c4C)CC3)c(=O)n(Cc3nccnc3C(C)(F)F)c2n1. The van der Waals surface area contributed by atoms with Crippen LogP contribution in [0.25, 0.3) is 11.0 Å². The van der Waals surface area contributed by atoms with Crippen molar-refractivity contribution in [1.29, 1.82) is 0 Å². The van der Waals surface area contributed by atoms with Crippen LogP contribution in [0, 0.1) is 19.7 Å². The van der Waals surface area contributed by atoms with E-state index in [0.29, 0.717) is 16.8 Å². The third kappa shape index (κ3) is 4.89. The smallest absolute Gasteiger partial charge is 0.286 e. The lowest BCUT2D eigenvalue weighted by Gasteiger charge is -2.30. The molecule has 0 radical (unpaired) electrons. The summed E-state index contributed by atoms with van der Waals surface area (Å²) in [4.78, 5) is 26.4. The average molecular weight is 507 g/mol. The Hall–Kier alpha value is -3.55. The van der Waals surface area contributed by atoms with Crippen LogP contribution in [0.2, 0.25) is 0 Å². The van der Waals surface area contributed by atoms with Gasteiger partial charge in [0.25, 0.3) is 11.5 Å². The number of hydrogen-bond donors (Lipinski definition) is 0. The molecular formula is C29H29F3N4O. The standard InChI is InChI=1S/C29H29F3N4O/c1-17-7-8-21-15-23(20-11-9-19(10-12-20)22-5-4-6-24(30)18(22)2)28(37)36(27(21)35-17)16-25-26(29(3,31)32)34-14-13-33-25/h4-8,13-15,19-20H,9-12,16H2,1-3H3. The zero-order valence-electron chi connectivity index (χ0n) is 21.1. The fourth-order valence-electron chi connectivity index (χ4n) is 5.58. The molecule has 8 heteroatoms. The topological polar surface area (TPSA) is 60.7 Å². The average Bonchev–Trinajstić information content (AvgIpc) is 2.87. The highest BCUT2D eigenvalue weighted by Crippen LogP contribution is 2.41. The molecule has 1 saturated carbocycles. The van der Waals surface area contributed by atoms with Crippen molar-refractivity contribution < 1.29 is 13.2 Å². The number of aromatic nitrogens is 4. The Bertz CT molecular complexity index is 1520. The Kier molecular flexibility index (Phi) is 6.60. The maximum Gasteiger partial charge on any atom is 0.288 e. The minimum absolute atomic E-state index is 0.0171. The Morgan fingerprint density at radius 3 is 2.35 bits per heavy atom. The predicted molar refractivity (Wildman–Crippen MR) is 137 cm³/mol. The summed E-state index contributed by atoms with van der Waals surface area (Å²) in [5.74, 6) is -3.13. The molecule has 0 N–H and O–H groups in total. The first-order chi connectivity index (χ1) is 17.6. The highest BCUT2D eigenvalue weighted by Gasteiger charge is 2.31. The normalized spacial score (nSPS) is 18.3. The molecule has 0 atom stereocenters. The summed E-state index contributed by atoms with van der Waals surface area (Å²) in [6, 6.07) is 10.9. The zero-order valence-corrected chi connectivity index (χ0v) is 21.1. The Labute approximate surface area is 213 Å². The number of alkyl halides is 2. The molecule has 0 saturated heterocycles. The first-order valence-electron chi connectivity index (χ1n) is 12.6. The van der Waals surface area contributed by atoms with E-state index in [2.05, 4.69) is 15.0 Å². The zero-order chi connectivity index (χ0) is 26.3. The second kappa shape index (κ2) is 9.72. The van der Waals surface area contributed by atoms with E-state index in [0.717, 1.165) is 49.3 Å². The third-order valence-corrected chi connectivity index (χ3v) is 7.52. The van der Waals surface area contributed by atoms with Crippen LogP contribution < -0.4 is 5.56 Å². The summed E-state index contributed by atoms with van der Waals surface area (Å²) < 4.78 is 44.1. The van der Waals surface area contributed by atoms with Crippen molar-refractivity contribution in [3.63, 3.8) is 0 Å². The maximum atomic E-state index is 14.3. The first kappa shape index (κ1) is 25.1. The number of fused-ring (bicyclic) bond motifs is 1. The summed E-state index contributed by atoms with van der Waals surface area (Å²) in [7, 11) is 0. The van der Waals surface area contributed by atoms with Crippen LogP contribution in [-0.2, 0) is 12.5 Å². The molecular weight excluding hydrogens is 477 g/mol. The molecule has 0 amide bonds. The lowest BCUT2D eigenvalue weighted by Crippen LogP contribution is -2.29. The van der Waals surface area contributed by atoms with Crippen LogP contribution in [-0.4, -0.2) is 19.5 Å². The largest absolute Gasteiger partial charge is 0.288 e. The summed E-state index contributed by atoms with van der Waals surface area (Å²) >= 11 is 0. The molecule has 1 aliphatic carbocycles.